The van der Waals surface area contributed by atoms with E-state index in [0.29, 0.717) is 30.1 Å². The van der Waals surface area contributed by atoms with E-state index < -0.39 is 0 Å². The van der Waals surface area contributed by atoms with Crippen molar-refractivity contribution in [1.82, 2.24) is 24.9 Å². The van der Waals surface area contributed by atoms with Crippen LogP contribution in [-0.2, 0) is 13.6 Å². The van der Waals surface area contributed by atoms with Crippen LogP contribution in [0.25, 0.3) is 11.7 Å². The van der Waals surface area contributed by atoms with E-state index in [0.717, 1.165) is 30.6 Å². The number of nitrogens with zero attached hydrogens (tertiary/aromatic N) is 5. The maximum absolute atomic E-state index is 5.84. The highest BCUT2D eigenvalue weighted by molar-refractivity contribution is 5.49. The van der Waals surface area contributed by atoms with Gasteiger partial charge in [0.1, 0.15) is 0 Å². The molecule has 0 aliphatic carbocycles. The van der Waals surface area contributed by atoms with Crippen LogP contribution >= 0.6 is 0 Å². The molecule has 0 spiro atoms. The highest BCUT2D eigenvalue weighted by Crippen LogP contribution is 2.36. The summed E-state index contributed by atoms with van der Waals surface area (Å²) in [5.41, 5.74) is 4.67. The zero-order valence-corrected chi connectivity index (χ0v) is 15.1. The van der Waals surface area contributed by atoms with Gasteiger partial charge in [-0.3, -0.25) is 9.58 Å². The Kier molecular flexibility index (Phi) is 3.95. The van der Waals surface area contributed by atoms with Crippen molar-refractivity contribution < 1.29 is 8.83 Å². The van der Waals surface area contributed by atoms with Crippen LogP contribution in [0.1, 0.15) is 47.3 Å². The fourth-order valence-corrected chi connectivity index (χ4v) is 3.79. The molecule has 7 heteroatoms. The van der Waals surface area contributed by atoms with Crippen LogP contribution in [0, 0.1) is 20.8 Å². The maximum atomic E-state index is 5.84. The van der Waals surface area contributed by atoms with Crippen molar-refractivity contribution in [3.05, 3.63) is 40.7 Å². The second-order valence-electron chi connectivity index (χ2n) is 6.77. The van der Waals surface area contributed by atoms with Crippen LogP contribution in [0.4, 0.5) is 0 Å². The number of hydrogen-bond donors (Lipinski definition) is 0. The molecule has 0 saturated carbocycles. The van der Waals surface area contributed by atoms with Gasteiger partial charge < -0.3 is 8.83 Å². The number of furan rings is 1. The summed E-state index contributed by atoms with van der Waals surface area (Å²) in [7, 11) is 2.00. The van der Waals surface area contributed by atoms with Gasteiger partial charge in [0, 0.05) is 29.9 Å². The standard InChI is InChI=1S/C18H23N5O2/c1-11-7-9-24-17(11)18-20-19-15(25-18)10-23-8-5-6-14(23)16-12(2)21-22(4)13(16)3/h7,9,14H,5-6,8,10H2,1-4H3/t14-/m0/s1. The summed E-state index contributed by atoms with van der Waals surface area (Å²) in [6, 6.07) is 2.25. The van der Waals surface area contributed by atoms with Gasteiger partial charge >= 0.3 is 0 Å². The topological polar surface area (TPSA) is 73.1 Å². The Hall–Kier alpha value is -2.41. The molecule has 7 nitrogen and oxygen atoms in total. The second kappa shape index (κ2) is 6.15. The Morgan fingerprint density at radius 2 is 2.08 bits per heavy atom. The predicted molar refractivity (Wildman–Crippen MR) is 91.8 cm³/mol. The molecular weight excluding hydrogens is 318 g/mol. The molecule has 1 aliphatic heterocycles. The quantitative estimate of drug-likeness (QED) is 0.725. The molecule has 0 unspecified atom stereocenters. The van der Waals surface area contributed by atoms with E-state index in [4.69, 9.17) is 8.83 Å². The first-order valence-electron chi connectivity index (χ1n) is 8.65. The molecule has 0 bridgehead atoms. The summed E-state index contributed by atoms with van der Waals surface area (Å²) in [6.07, 6.45) is 3.93. The molecule has 0 radical (unpaired) electrons. The minimum absolute atomic E-state index is 0.356. The predicted octanol–water partition coefficient (Wildman–Crippen LogP) is 3.33. The van der Waals surface area contributed by atoms with Crippen molar-refractivity contribution >= 4 is 0 Å². The number of likely N-dealkylation sites (tertiary alicyclic amines) is 1. The molecule has 25 heavy (non-hydrogen) atoms. The van der Waals surface area contributed by atoms with Crippen molar-refractivity contribution in [1.29, 1.82) is 0 Å². The molecule has 4 rings (SSSR count). The maximum Gasteiger partial charge on any atom is 0.283 e. The smallest absolute Gasteiger partial charge is 0.283 e. The fraction of sp³-hybridized carbons (Fsp3) is 0.500. The monoisotopic (exact) mass is 341 g/mol. The number of aromatic nitrogens is 4. The van der Waals surface area contributed by atoms with Gasteiger partial charge in [0.05, 0.1) is 18.5 Å². The van der Waals surface area contributed by atoms with E-state index in [1.807, 2.05) is 24.7 Å². The van der Waals surface area contributed by atoms with Crippen molar-refractivity contribution in [3.63, 3.8) is 0 Å². The van der Waals surface area contributed by atoms with Crippen molar-refractivity contribution in [2.75, 3.05) is 6.54 Å². The number of aryl methyl sites for hydroxylation is 3. The number of hydrogen-bond acceptors (Lipinski definition) is 6. The van der Waals surface area contributed by atoms with Crippen LogP contribution in [0.15, 0.2) is 21.2 Å². The Labute approximate surface area is 146 Å². The summed E-state index contributed by atoms with van der Waals surface area (Å²) in [5.74, 6) is 1.72. The molecule has 0 N–H and O–H groups in total. The van der Waals surface area contributed by atoms with Gasteiger partial charge in [-0.15, -0.1) is 10.2 Å². The zero-order chi connectivity index (χ0) is 17.6. The SMILES string of the molecule is Cc1ccoc1-c1nnc(CN2CCC[C@H]2c2c(C)nn(C)c2C)o1. The molecule has 3 aromatic heterocycles. The largest absolute Gasteiger partial charge is 0.459 e. The second-order valence-corrected chi connectivity index (χ2v) is 6.77. The highest BCUT2D eigenvalue weighted by atomic mass is 16.4. The van der Waals surface area contributed by atoms with E-state index in [9.17, 15) is 0 Å². The van der Waals surface area contributed by atoms with Gasteiger partial charge in [-0.05, 0) is 46.2 Å². The molecule has 132 valence electrons. The molecule has 1 saturated heterocycles. The summed E-state index contributed by atoms with van der Waals surface area (Å²) >= 11 is 0. The minimum atomic E-state index is 0.356. The van der Waals surface area contributed by atoms with E-state index in [2.05, 4.69) is 34.0 Å². The molecule has 1 fully saturated rings. The van der Waals surface area contributed by atoms with Crippen molar-refractivity contribution in [2.45, 2.75) is 46.2 Å². The average Bonchev–Trinajstić information content (AvgIpc) is 3.32. The highest BCUT2D eigenvalue weighted by Gasteiger charge is 2.31. The van der Waals surface area contributed by atoms with Crippen LogP contribution in [-0.4, -0.2) is 31.4 Å². The van der Waals surface area contributed by atoms with Gasteiger partial charge in [-0.2, -0.15) is 5.10 Å². The zero-order valence-electron chi connectivity index (χ0n) is 15.1. The molecule has 3 aromatic rings. The average molecular weight is 341 g/mol. The van der Waals surface area contributed by atoms with E-state index in [-0.39, 0.29) is 0 Å². The van der Waals surface area contributed by atoms with Gasteiger partial charge in [-0.1, -0.05) is 0 Å². The lowest BCUT2D eigenvalue weighted by atomic mass is 10.0. The lowest BCUT2D eigenvalue weighted by molar-refractivity contribution is 0.223. The van der Waals surface area contributed by atoms with Crippen molar-refractivity contribution in [3.8, 4) is 11.7 Å². The first kappa shape index (κ1) is 16.1. The number of rotatable bonds is 4. The van der Waals surface area contributed by atoms with Gasteiger partial charge in [-0.25, -0.2) is 0 Å². The molecule has 1 atom stereocenters. The molecule has 4 heterocycles. The first-order chi connectivity index (χ1) is 12.0. The third-order valence-electron chi connectivity index (χ3n) is 5.12. The molecule has 1 aliphatic rings. The Bertz CT molecular complexity index is 891. The molecule has 0 aromatic carbocycles. The van der Waals surface area contributed by atoms with Crippen LogP contribution < -0.4 is 0 Å². The van der Waals surface area contributed by atoms with E-state index >= 15 is 0 Å². The lowest BCUT2D eigenvalue weighted by Crippen LogP contribution is -2.23. The minimum Gasteiger partial charge on any atom is -0.459 e. The fourth-order valence-electron chi connectivity index (χ4n) is 3.79. The Balaban J connectivity index is 1.56. The summed E-state index contributed by atoms with van der Waals surface area (Å²) in [5, 5.41) is 12.9. The molecule has 0 amide bonds. The lowest BCUT2D eigenvalue weighted by Gasteiger charge is -2.23. The van der Waals surface area contributed by atoms with Crippen LogP contribution in [0.3, 0.4) is 0 Å². The van der Waals surface area contributed by atoms with Crippen LogP contribution in [0.2, 0.25) is 0 Å². The van der Waals surface area contributed by atoms with Gasteiger partial charge in [0.15, 0.2) is 5.76 Å². The van der Waals surface area contributed by atoms with Gasteiger partial charge in [0.2, 0.25) is 5.89 Å². The van der Waals surface area contributed by atoms with Crippen molar-refractivity contribution in [2.24, 2.45) is 7.05 Å². The normalized spacial score (nSPS) is 18.3. The third kappa shape index (κ3) is 2.78. The third-order valence-corrected chi connectivity index (χ3v) is 5.12. The Morgan fingerprint density at radius 3 is 2.76 bits per heavy atom. The summed E-state index contributed by atoms with van der Waals surface area (Å²) in [4.78, 5) is 2.41. The summed E-state index contributed by atoms with van der Waals surface area (Å²) < 4.78 is 13.2. The van der Waals surface area contributed by atoms with Gasteiger partial charge in [0.25, 0.3) is 5.89 Å². The summed E-state index contributed by atoms with van der Waals surface area (Å²) in [6.45, 7) is 7.86. The molecular formula is C18H23N5O2. The Morgan fingerprint density at radius 1 is 1.24 bits per heavy atom. The first-order valence-corrected chi connectivity index (χ1v) is 8.65. The van der Waals surface area contributed by atoms with E-state index in [1.54, 1.807) is 6.26 Å². The van der Waals surface area contributed by atoms with Crippen LogP contribution in [0.5, 0.6) is 0 Å². The van der Waals surface area contributed by atoms with E-state index in [1.165, 1.54) is 11.3 Å².